The van der Waals surface area contributed by atoms with Gasteiger partial charge in [-0.2, -0.15) is 0 Å². The largest absolute Gasteiger partial charge is 0.469 e. The fourth-order valence-electron chi connectivity index (χ4n) is 1.55. The normalized spacial score (nSPS) is 14.5. The van der Waals surface area contributed by atoms with Crippen LogP contribution in [0.1, 0.15) is 39.0 Å². The van der Waals surface area contributed by atoms with Crippen LogP contribution in [0.25, 0.3) is 0 Å². The van der Waals surface area contributed by atoms with E-state index in [2.05, 4.69) is 4.52 Å². The molecule has 0 bridgehead atoms. The number of hydrogen-bond acceptors (Lipinski definition) is 6. The summed E-state index contributed by atoms with van der Waals surface area (Å²) in [6.07, 6.45) is 3.25. The van der Waals surface area contributed by atoms with E-state index in [9.17, 15) is 19.3 Å². The van der Waals surface area contributed by atoms with Gasteiger partial charge in [0.05, 0.1) is 6.61 Å². The lowest BCUT2D eigenvalue weighted by Crippen LogP contribution is -2.27. The molecule has 9 heteroatoms. The van der Waals surface area contributed by atoms with Crippen LogP contribution in [0.2, 0.25) is 0 Å². The van der Waals surface area contributed by atoms with Crippen molar-refractivity contribution in [3.8, 4) is 0 Å². The smallest absolute Gasteiger partial charge is 0.462 e. The molecule has 0 aliphatic rings. The van der Waals surface area contributed by atoms with E-state index in [0.717, 1.165) is 25.7 Å². The minimum absolute atomic E-state index is 0.386. The highest BCUT2D eigenvalue weighted by Gasteiger charge is 2.21. The molecule has 2 unspecified atom stereocenters. The highest BCUT2D eigenvalue weighted by atomic mass is 31.2. The summed E-state index contributed by atoms with van der Waals surface area (Å²) in [6, 6.07) is 0. The van der Waals surface area contributed by atoms with E-state index in [0.29, 0.717) is 12.7 Å². The fraction of sp³-hybridized carbons (Fsp3) is 0.833. The Kier molecular flexibility index (Phi) is 10.5. The number of carbonyl (C=O) groups excluding carboxylic acids is 2. The predicted molar refractivity (Wildman–Crippen MR) is 73.3 cm³/mol. The minimum Gasteiger partial charge on any atom is -0.462 e. The maximum Gasteiger partial charge on any atom is 0.469 e. The molecule has 21 heavy (non-hydrogen) atoms. The summed E-state index contributed by atoms with van der Waals surface area (Å²) in [5.41, 5.74) is 0. The number of aliphatic hydroxyl groups excluding tert-OH is 1. The molecule has 0 aliphatic carbocycles. The number of aliphatic hydroxyl groups is 1. The summed E-state index contributed by atoms with van der Waals surface area (Å²) in [4.78, 5) is 39.3. The summed E-state index contributed by atoms with van der Waals surface area (Å²) < 4.78 is 19.2. The van der Waals surface area contributed by atoms with Crippen LogP contribution >= 0.6 is 7.82 Å². The van der Waals surface area contributed by atoms with E-state index in [1.165, 1.54) is 0 Å². The van der Waals surface area contributed by atoms with Crippen LogP contribution in [0, 0.1) is 5.92 Å². The van der Waals surface area contributed by atoms with E-state index in [1.807, 2.05) is 6.92 Å². The number of esters is 1. The highest BCUT2D eigenvalue weighted by molar-refractivity contribution is 7.46. The van der Waals surface area contributed by atoms with Crippen LogP contribution < -0.4 is 0 Å². The Labute approximate surface area is 123 Å². The van der Waals surface area contributed by atoms with Crippen molar-refractivity contribution in [2.45, 2.75) is 45.1 Å². The standard InChI is InChI=1S/C12H23O8P/c1-2-3-4-5-6-10(7-13)12(15)19-8-11(14)9-20-21(16,17)18/h7,10-11,14H,2-6,8-9H2,1H3,(H2,16,17,18). The van der Waals surface area contributed by atoms with E-state index in [-0.39, 0.29) is 0 Å². The van der Waals surface area contributed by atoms with Gasteiger partial charge in [-0.3, -0.25) is 9.32 Å². The molecule has 0 radical (unpaired) electrons. The summed E-state index contributed by atoms with van der Waals surface area (Å²) >= 11 is 0. The third kappa shape index (κ3) is 11.5. The molecular formula is C12H23O8P. The van der Waals surface area contributed by atoms with E-state index in [1.54, 1.807) is 0 Å². The first-order valence-electron chi connectivity index (χ1n) is 6.80. The highest BCUT2D eigenvalue weighted by Crippen LogP contribution is 2.35. The Bertz CT molecular complexity index is 353. The molecule has 0 amide bonds. The van der Waals surface area contributed by atoms with E-state index < -0.39 is 39.0 Å². The van der Waals surface area contributed by atoms with Gasteiger partial charge in [-0.15, -0.1) is 0 Å². The first kappa shape index (κ1) is 20.2. The van der Waals surface area contributed by atoms with Crippen molar-refractivity contribution in [1.82, 2.24) is 0 Å². The Hall–Kier alpha value is -0.790. The maximum absolute atomic E-state index is 11.6. The second kappa shape index (κ2) is 10.9. The fourth-order valence-corrected chi connectivity index (χ4v) is 1.92. The van der Waals surface area contributed by atoms with Gasteiger partial charge in [0.15, 0.2) is 0 Å². The molecule has 0 saturated carbocycles. The number of ether oxygens (including phenoxy) is 1. The predicted octanol–water partition coefficient (Wildman–Crippen LogP) is 0.785. The quantitative estimate of drug-likeness (QED) is 0.158. The van der Waals surface area contributed by atoms with Crippen molar-refractivity contribution in [2.75, 3.05) is 13.2 Å². The molecule has 0 aromatic rings. The summed E-state index contributed by atoms with van der Waals surface area (Å²) in [5.74, 6) is -1.63. The molecule has 2 atom stereocenters. The molecular weight excluding hydrogens is 303 g/mol. The zero-order valence-electron chi connectivity index (χ0n) is 12.0. The van der Waals surface area contributed by atoms with Gasteiger partial charge in [0.1, 0.15) is 24.9 Å². The molecule has 124 valence electrons. The number of hydrogen-bond donors (Lipinski definition) is 3. The molecule has 0 fully saturated rings. The van der Waals surface area contributed by atoms with Crippen LogP contribution in [0.4, 0.5) is 0 Å². The Balaban J connectivity index is 3.97. The topological polar surface area (TPSA) is 130 Å². The number of unbranched alkanes of at least 4 members (excludes halogenated alkanes) is 3. The molecule has 0 saturated heterocycles. The third-order valence-electron chi connectivity index (χ3n) is 2.69. The Morgan fingerprint density at radius 1 is 1.24 bits per heavy atom. The molecule has 0 heterocycles. The van der Waals surface area contributed by atoms with Gasteiger partial charge in [0.2, 0.25) is 0 Å². The summed E-state index contributed by atoms with van der Waals surface area (Å²) in [7, 11) is -4.67. The lowest BCUT2D eigenvalue weighted by atomic mass is 10.0. The third-order valence-corrected chi connectivity index (χ3v) is 3.17. The van der Waals surface area contributed by atoms with Gasteiger partial charge in [0.25, 0.3) is 0 Å². The molecule has 0 aromatic carbocycles. The molecule has 0 aromatic heterocycles. The van der Waals surface area contributed by atoms with Crippen molar-refractivity contribution < 1.29 is 38.3 Å². The SMILES string of the molecule is CCCCCCC(C=O)C(=O)OCC(O)COP(=O)(O)O. The number of phosphoric ester groups is 1. The molecule has 8 nitrogen and oxygen atoms in total. The van der Waals surface area contributed by atoms with Crippen molar-refractivity contribution in [3.63, 3.8) is 0 Å². The first-order chi connectivity index (χ1) is 9.80. The lowest BCUT2D eigenvalue weighted by molar-refractivity contribution is -0.153. The van der Waals surface area contributed by atoms with Crippen LogP contribution in [-0.2, 0) is 23.4 Å². The van der Waals surface area contributed by atoms with E-state index >= 15 is 0 Å². The Morgan fingerprint density at radius 3 is 2.43 bits per heavy atom. The van der Waals surface area contributed by atoms with Gasteiger partial charge in [-0.1, -0.05) is 32.6 Å². The van der Waals surface area contributed by atoms with E-state index in [4.69, 9.17) is 14.5 Å². The second-order valence-electron chi connectivity index (χ2n) is 4.66. The average molecular weight is 326 g/mol. The molecule has 3 N–H and O–H groups in total. The average Bonchev–Trinajstić information content (AvgIpc) is 2.42. The molecule has 0 rings (SSSR count). The number of phosphoric acid groups is 1. The minimum atomic E-state index is -4.67. The first-order valence-corrected chi connectivity index (χ1v) is 8.33. The number of aldehydes is 1. The van der Waals surface area contributed by atoms with Gasteiger partial charge >= 0.3 is 13.8 Å². The van der Waals surface area contributed by atoms with Gasteiger partial charge in [0, 0.05) is 0 Å². The van der Waals surface area contributed by atoms with Crippen molar-refractivity contribution in [3.05, 3.63) is 0 Å². The van der Waals surface area contributed by atoms with Gasteiger partial charge in [-0.25, -0.2) is 4.57 Å². The number of carbonyl (C=O) groups is 2. The van der Waals surface area contributed by atoms with Crippen molar-refractivity contribution >= 4 is 20.1 Å². The zero-order chi connectivity index (χ0) is 16.3. The zero-order valence-corrected chi connectivity index (χ0v) is 12.9. The van der Waals surface area contributed by atoms with Crippen molar-refractivity contribution in [2.24, 2.45) is 5.92 Å². The van der Waals surface area contributed by atoms with Crippen LogP contribution in [0.15, 0.2) is 0 Å². The van der Waals surface area contributed by atoms with Crippen LogP contribution in [0.3, 0.4) is 0 Å². The van der Waals surface area contributed by atoms with Gasteiger partial charge < -0.3 is 24.4 Å². The summed E-state index contributed by atoms with van der Waals surface area (Å²) in [6.45, 7) is 0.893. The van der Waals surface area contributed by atoms with Gasteiger partial charge in [-0.05, 0) is 6.42 Å². The molecule has 0 aliphatic heterocycles. The monoisotopic (exact) mass is 326 g/mol. The lowest BCUT2D eigenvalue weighted by Gasteiger charge is -2.14. The van der Waals surface area contributed by atoms with Crippen LogP contribution in [-0.4, -0.2) is 46.5 Å². The molecule has 0 spiro atoms. The summed E-state index contributed by atoms with van der Waals surface area (Å²) in [5, 5.41) is 9.33. The second-order valence-corrected chi connectivity index (χ2v) is 5.90. The van der Waals surface area contributed by atoms with Crippen molar-refractivity contribution in [1.29, 1.82) is 0 Å². The Morgan fingerprint density at radius 2 is 1.90 bits per heavy atom. The van der Waals surface area contributed by atoms with Crippen LogP contribution in [0.5, 0.6) is 0 Å². The number of rotatable bonds is 12. The maximum atomic E-state index is 11.6.